The third-order valence-corrected chi connectivity index (χ3v) is 7.64. The minimum absolute atomic E-state index is 0. The van der Waals surface area contributed by atoms with Crippen LogP contribution in [0.3, 0.4) is 0 Å². The molecule has 1 aliphatic carbocycles. The maximum Gasteiger partial charge on any atom is 0.250 e. The van der Waals surface area contributed by atoms with Crippen molar-refractivity contribution >= 4 is 49.7 Å². The lowest BCUT2D eigenvalue weighted by molar-refractivity contribution is 0.191. The van der Waals surface area contributed by atoms with Gasteiger partial charge in [-0.2, -0.15) is 0 Å². The van der Waals surface area contributed by atoms with Gasteiger partial charge in [0.2, 0.25) is 0 Å². The molecule has 0 aromatic carbocycles. The van der Waals surface area contributed by atoms with Crippen LogP contribution in [0, 0.1) is 5.92 Å². The summed E-state index contributed by atoms with van der Waals surface area (Å²) in [5, 5.41) is 0. The van der Waals surface area contributed by atoms with Gasteiger partial charge in [-0.15, -0.1) is 23.7 Å². The summed E-state index contributed by atoms with van der Waals surface area (Å²) in [5.41, 5.74) is 5.39. The number of nitrogens with two attached hydrogens (primary N) is 1. The Hall–Kier alpha value is 0.340. The van der Waals surface area contributed by atoms with E-state index in [4.69, 9.17) is 5.73 Å². The van der Waals surface area contributed by atoms with Crippen molar-refractivity contribution in [2.45, 2.75) is 42.4 Å². The van der Waals surface area contributed by atoms with E-state index in [0.717, 1.165) is 29.5 Å². The molecule has 3 N–H and O–H groups in total. The predicted octanol–water partition coefficient (Wildman–Crippen LogP) is 3.12. The molecule has 0 amide bonds. The zero-order valence-electron chi connectivity index (χ0n) is 11.3. The third kappa shape index (κ3) is 3.75. The Labute approximate surface area is 139 Å². The van der Waals surface area contributed by atoms with Crippen LogP contribution in [0.2, 0.25) is 0 Å². The summed E-state index contributed by atoms with van der Waals surface area (Å²) in [6.07, 6.45) is 4.01. The summed E-state index contributed by atoms with van der Waals surface area (Å²) < 4.78 is 28.9. The standard InChI is InChI=1S/C12H19BrN2O2S2.ClH/c1-9-4-2-3-7-12(9,8-14)15-19(16,17)11-6-5-10(13)18-11;/h5-6,9,15H,2-4,7-8,14H2,1H3;1H. The average Bonchev–Trinajstić information content (AvgIpc) is 2.80. The van der Waals surface area contributed by atoms with Gasteiger partial charge in [0.15, 0.2) is 0 Å². The van der Waals surface area contributed by atoms with Gasteiger partial charge in [-0.25, -0.2) is 13.1 Å². The van der Waals surface area contributed by atoms with Gasteiger partial charge >= 0.3 is 0 Å². The predicted molar refractivity (Wildman–Crippen MR) is 89.0 cm³/mol. The molecule has 0 aliphatic heterocycles. The summed E-state index contributed by atoms with van der Waals surface area (Å²) >= 11 is 4.51. The number of thiophene rings is 1. The highest BCUT2D eigenvalue weighted by Crippen LogP contribution is 2.35. The summed E-state index contributed by atoms with van der Waals surface area (Å²) in [6.45, 7) is 2.43. The first-order chi connectivity index (χ1) is 8.89. The lowest BCUT2D eigenvalue weighted by Crippen LogP contribution is -2.58. The Morgan fingerprint density at radius 1 is 1.50 bits per heavy atom. The van der Waals surface area contributed by atoms with E-state index in [9.17, 15) is 8.42 Å². The van der Waals surface area contributed by atoms with Crippen molar-refractivity contribution < 1.29 is 8.42 Å². The van der Waals surface area contributed by atoms with Crippen molar-refractivity contribution in [1.29, 1.82) is 0 Å². The maximum absolute atomic E-state index is 12.4. The van der Waals surface area contributed by atoms with E-state index in [1.807, 2.05) is 0 Å². The van der Waals surface area contributed by atoms with E-state index in [0.29, 0.717) is 10.8 Å². The number of hydrogen-bond acceptors (Lipinski definition) is 4. The first-order valence-electron chi connectivity index (χ1n) is 6.39. The van der Waals surface area contributed by atoms with E-state index in [-0.39, 0.29) is 18.3 Å². The monoisotopic (exact) mass is 402 g/mol. The summed E-state index contributed by atoms with van der Waals surface area (Å²) in [5.74, 6) is 0.268. The second-order valence-electron chi connectivity index (χ2n) is 5.17. The van der Waals surface area contributed by atoms with Crippen LogP contribution in [-0.2, 0) is 10.0 Å². The van der Waals surface area contributed by atoms with Crippen LogP contribution in [-0.4, -0.2) is 20.5 Å². The normalized spacial score (nSPS) is 27.1. The molecule has 2 atom stereocenters. The van der Waals surface area contributed by atoms with Crippen LogP contribution in [0.4, 0.5) is 0 Å². The lowest BCUT2D eigenvalue weighted by Gasteiger charge is -2.42. The van der Waals surface area contributed by atoms with Crippen LogP contribution in [0.5, 0.6) is 0 Å². The van der Waals surface area contributed by atoms with E-state index in [2.05, 4.69) is 27.6 Å². The van der Waals surface area contributed by atoms with Crippen LogP contribution in [0.1, 0.15) is 32.6 Å². The molecular weight excluding hydrogens is 384 g/mol. The van der Waals surface area contributed by atoms with E-state index in [1.165, 1.54) is 11.3 Å². The van der Waals surface area contributed by atoms with Gasteiger partial charge in [0.1, 0.15) is 4.21 Å². The van der Waals surface area contributed by atoms with E-state index in [1.54, 1.807) is 12.1 Å². The van der Waals surface area contributed by atoms with Gasteiger partial charge in [-0.3, -0.25) is 0 Å². The second kappa shape index (κ2) is 7.07. The van der Waals surface area contributed by atoms with Crippen molar-refractivity contribution in [1.82, 2.24) is 4.72 Å². The largest absolute Gasteiger partial charge is 0.329 e. The van der Waals surface area contributed by atoms with Crippen LogP contribution >= 0.6 is 39.7 Å². The summed E-state index contributed by atoms with van der Waals surface area (Å²) in [7, 11) is -3.48. The molecule has 1 aromatic rings. The van der Waals surface area contributed by atoms with Gasteiger partial charge in [0.05, 0.1) is 3.79 Å². The fourth-order valence-electron chi connectivity index (χ4n) is 2.67. The molecule has 0 saturated heterocycles. The smallest absolute Gasteiger partial charge is 0.250 e. The zero-order valence-corrected chi connectivity index (χ0v) is 15.3. The van der Waals surface area contributed by atoms with Crippen LogP contribution < -0.4 is 10.5 Å². The Kier molecular flexibility index (Phi) is 6.50. The van der Waals surface area contributed by atoms with Crippen molar-refractivity contribution in [2.24, 2.45) is 11.7 Å². The molecule has 4 nitrogen and oxygen atoms in total. The molecule has 0 bridgehead atoms. The quantitative estimate of drug-likeness (QED) is 0.811. The Morgan fingerprint density at radius 3 is 2.70 bits per heavy atom. The first kappa shape index (κ1) is 18.4. The molecule has 0 spiro atoms. The zero-order chi connectivity index (χ0) is 14.1. The summed E-state index contributed by atoms with van der Waals surface area (Å²) in [4.78, 5) is 0. The molecule has 1 aliphatic rings. The topological polar surface area (TPSA) is 72.2 Å². The highest BCUT2D eigenvalue weighted by atomic mass is 79.9. The van der Waals surface area contributed by atoms with Crippen LogP contribution in [0.15, 0.2) is 20.1 Å². The number of halogens is 2. The van der Waals surface area contributed by atoms with Crippen LogP contribution in [0.25, 0.3) is 0 Å². The highest BCUT2D eigenvalue weighted by Gasteiger charge is 2.40. The molecule has 20 heavy (non-hydrogen) atoms. The molecule has 116 valence electrons. The molecule has 2 unspecified atom stereocenters. The minimum atomic E-state index is -3.48. The first-order valence-corrected chi connectivity index (χ1v) is 9.48. The average molecular weight is 404 g/mol. The van der Waals surface area contributed by atoms with Crippen molar-refractivity contribution in [3.8, 4) is 0 Å². The second-order valence-corrected chi connectivity index (χ2v) is 9.54. The van der Waals surface area contributed by atoms with Gasteiger partial charge in [-0.1, -0.05) is 19.8 Å². The fraction of sp³-hybridized carbons (Fsp3) is 0.667. The summed E-state index contributed by atoms with van der Waals surface area (Å²) in [6, 6.07) is 3.37. The fourth-order valence-corrected chi connectivity index (χ4v) is 6.21. The van der Waals surface area contributed by atoms with E-state index >= 15 is 0 Å². The van der Waals surface area contributed by atoms with Gasteiger partial charge in [-0.05, 0) is 46.8 Å². The molecule has 1 heterocycles. The van der Waals surface area contributed by atoms with Crippen molar-refractivity contribution in [3.63, 3.8) is 0 Å². The molecule has 1 fully saturated rings. The van der Waals surface area contributed by atoms with Gasteiger partial charge in [0, 0.05) is 12.1 Å². The molecule has 0 radical (unpaired) electrons. The Morgan fingerprint density at radius 2 is 2.20 bits per heavy atom. The van der Waals surface area contributed by atoms with Crippen molar-refractivity contribution in [3.05, 3.63) is 15.9 Å². The van der Waals surface area contributed by atoms with E-state index < -0.39 is 15.6 Å². The third-order valence-electron chi connectivity index (χ3n) is 3.97. The molecule has 1 aromatic heterocycles. The molecule has 2 rings (SSSR count). The van der Waals surface area contributed by atoms with Gasteiger partial charge < -0.3 is 5.73 Å². The maximum atomic E-state index is 12.4. The lowest BCUT2D eigenvalue weighted by atomic mass is 9.74. The van der Waals surface area contributed by atoms with Crippen molar-refractivity contribution in [2.75, 3.05) is 6.54 Å². The Balaban J connectivity index is 0.00000200. The molecule has 1 saturated carbocycles. The number of hydrogen-bond donors (Lipinski definition) is 2. The Bertz CT molecular complexity index is 549. The minimum Gasteiger partial charge on any atom is -0.329 e. The molecular formula is C12H20BrClN2O2S2. The molecule has 8 heteroatoms. The number of rotatable bonds is 4. The number of sulfonamides is 1. The highest BCUT2D eigenvalue weighted by molar-refractivity contribution is 9.11. The SMILES string of the molecule is CC1CCCCC1(CN)NS(=O)(=O)c1ccc(Br)s1.Cl. The van der Waals surface area contributed by atoms with Gasteiger partial charge in [0.25, 0.3) is 10.0 Å². The number of nitrogens with one attached hydrogen (secondary N) is 1.